The van der Waals surface area contributed by atoms with E-state index in [1.54, 1.807) is 31.0 Å². The van der Waals surface area contributed by atoms with Gasteiger partial charge in [0.2, 0.25) is 5.91 Å². The molecule has 0 spiro atoms. The molecule has 2 heterocycles. The summed E-state index contributed by atoms with van der Waals surface area (Å²) in [5.41, 5.74) is 1.75. The number of likely N-dealkylation sites (N-methyl/N-ethyl adjacent to an activating group) is 1. The van der Waals surface area contributed by atoms with Crippen molar-refractivity contribution in [2.75, 3.05) is 33.8 Å². The number of nitrogens with zero attached hydrogens (tertiary/aromatic N) is 3. The summed E-state index contributed by atoms with van der Waals surface area (Å²) < 4.78 is 10.7. The van der Waals surface area contributed by atoms with E-state index in [1.807, 2.05) is 31.3 Å². The van der Waals surface area contributed by atoms with Crippen molar-refractivity contribution in [1.29, 1.82) is 0 Å². The summed E-state index contributed by atoms with van der Waals surface area (Å²) in [4.78, 5) is 40.4. The van der Waals surface area contributed by atoms with E-state index < -0.39 is 17.1 Å². The van der Waals surface area contributed by atoms with Crippen LogP contribution in [0.3, 0.4) is 0 Å². The number of benzene rings is 2. The summed E-state index contributed by atoms with van der Waals surface area (Å²) in [5, 5.41) is 14.1. The van der Waals surface area contributed by atoms with Crippen LogP contribution in [-0.2, 0) is 21.9 Å². The summed E-state index contributed by atoms with van der Waals surface area (Å²) in [6, 6.07) is 13.2. The number of hydrogen-bond acceptors (Lipinski definition) is 8. The lowest BCUT2D eigenvalue weighted by molar-refractivity contribution is -0.384. The van der Waals surface area contributed by atoms with Gasteiger partial charge in [-0.3, -0.25) is 19.8 Å². The van der Waals surface area contributed by atoms with Crippen molar-refractivity contribution in [3.63, 3.8) is 0 Å². The monoisotopic (exact) mass is 528 g/mol. The van der Waals surface area contributed by atoms with Crippen molar-refractivity contribution in [2.24, 2.45) is 0 Å². The number of non-ortho nitro benzene ring substituents is 1. The number of carbonyl (C=O) groups excluding carboxylic acids is 2. The van der Waals surface area contributed by atoms with Crippen LogP contribution in [0, 0.1) is 10.1 Å². The second-order valence-corrected chi connectivity index (χ2v) is 10.7. The molecule has 2 aliphatic heterocycles. The number of thioether (sulfide) groups is 1. The smallest absolute Gasteiger partial charge is 0.410 e. The molecule has 0 aromatic heterocycles. The van der Waals surface area contributed by atoms with Gasteiger partial charge in [-0.1, -0.05) is 12.1 Å². The highest BCUT2D eigenvalue weighted by molar-refractivity contribution is 7.99. The first-order valence-electron chi connectivity index (χ1n) is 12.2. The van der Waals surface area contributed by atoms with Crippen molar-refractivity contribution < 1.29 is 24.0 Å². The van der Waals surface area contributed by atoms with Gasteiger partial charge in [0, 0.05) is 42.3 Å². The third-order valence-electron chi connectivity index (χ3n) is 6.69. The molecule has 2 fully saturated rings. The maximum atomic E-state index is 13.2. The van der Waals surface area contributed by atoms with Crippen molar-refractivity contribution in [3.05, 3.63) is 69.8 Å². The highest BCUT2D eigenvalue weighted by atomic mass is 32.2. The SMILES string of the molecule is COc1ccc(CS[C@H]2C[C@@H](C(=O)N[C@H]3CCN(C)C3)N(C(=O)OCc3ccc([N+](=O)[O-])cc3)C2)cc1. The van der Waals surface area contributed by atoms with E-state index in [1.165, 1.54) is 17.0 Å². The molecule has 0 aliphatic carbocycles. The van der Waals surface area contributed by atoms with E-state index in [0.29, 0.717) is 18.5 Å². The molecular formula is C26H32N4O6S. The Morgan fingerprint density at radius 1 is 1.11 bits per heavy atom. The lowest BCUT2D eigenvalue weighted by Gasteiger charge is -2.24. The number of nitrogens with one attached hydrogen (secondary N) is 1. The predicted molar refractivity (Wildman–Crippen MR) is 141 cm³/mol. The van der Waals surface area contributed by atoms with Gasteiger partial charge in [0.25, 0.3) is 5.69 Å². The fraction of sp³-hybridized carbons (Fsp3) is 0.462. The number of ether oxygens (including phenoxy) is 2. The zero-order chi connectivity index (χ0) is 26.4. The quantitative estimate of drug-likeness (QED) is 0.389. The summed E-state index contributed by atoms with van der Waals surface area (Å²) in [6.45, 7) is 2.09. The molecule has 3 atom stereocenters. The molecule has 2 aromatic rings. The molecule has 1 N–H and O–H groups in total. The largest absolute Gasteiger partial charge is 0.497 e. The number of methoxy groups -OCH3 is 1. The van der Waals surface area contributed by atoms with Crippen molar-refractivity contribution in [2.45, 2.75) is 42.5 Å². The minimum atomic E-state index is -0.608. The minimum absolute atomic E-state index is 0.0272. The van der Waals surface area contributed by atoms with E-state index in [9.17, 15) is 19.7 Å². The van der Waals surface area contributed by atoms with Gasteiger partial charge >= 0.3 is 6.09 Å². The van der Waals surface area contributed by atoms with Gasteiger partial charge in [0.05, 0.1) is 12.0 Å². The maximum absolute atomic E-state index is 13.2. The molecule has 2 aliphatic rings. The van der Waals surface area contributed by atoms with Crippen LogP contribution in [0.1, 0.15) is 24.0 Å². The lowest BCUT2D eigenvalue weighted by Crippen LogP contribution is -2.49. The summed E-state index contributed by atoms with van der Waals surface area (Å²) >= 11 is 1.71. The molecule has 0 radical (unpaired) electrons. The minimum Gasteiger partial charge on any atom is -0.497 e. The molecule has 0 saturated carbocycles. The average Bonchev–Trinajstić information content (AvgIpc) is 3.52. The molecule has 0 unspecified atom stereocenters. The van der Waals surface area contributed by atoms with Crippen LogP contribution in [0.15, 0.2) is 48.5 Å². The molecule has 198 valence electrons. The second-order valence-electron chi connectivity index (χ2n) is 9.42. The van der Waals surface area contributed by atoms with Gasteiger partial charge in [-0.05, 0) is 61.8 Å². The lowest BCUT2D eigenvalue weighted by atomic mass is 10.1. The van der Waals surface area contributed by atoms with E-state index in [4.69, 9.17) is 9.47 Å². The van der Waals surface area contributed by atoms with Crippen LogP contribution in [-0.4, -0.2) is 77.8 Å². The number of carbonyl (C=O) groups is 2. The first-order chi connectivity index (χ1) is 17.8. The molecule has 11 heteroatoms. The molecule has 2 saturated heterocycles. The van der Waals surface area contributed by atoms with Gasteiger partial charge in [0.1, 0.15) is 18.4 Å². The molecule has 37 heavy (non-hydrogen) atoms. The van der Waals surface area contributed by atoms with Gasteiger partial charge in [-0.25, -0.2) is 4.79 Å². The predicted octanol–water partition coefficient (Wildman–Crippen LogP) is 3.44. The summed E-state index contributed by atoms with van der Waals surface area (Å²) in [6.07, 6.45) is 0.867. The Morgan fingerprint density at radius 2 is 1.81 bits per heavy atom. The zero-order valence-electron chi connectivity index (χ0n) is 21.0. The number of rotatable bonds is 9. The second kappa shape index (κ2) is 12.3. The van der Waals surface area contributed by atoms with E-state index in [0.717, 1.165) is 36.6 Å². The Hall–Kier alpha value is -3.31. The van der Waals surface area contributed by atoms with Crippen LogP contribution in [0.4, 0.5) is 10.5 Å². The number of hydrogen-bond donors (Lipinski definition) is 1. The number of amides is 2. The maximum Gasteiger partial charge on any atom is 0.410 e. The normalized spacial score (nSPS) is 21.6. The molecule has 4 rings (SSSR count). The standard InChI is InChI=1S/C26H32N4O6S/c1-28-12-11-20(14-28)27-25(31)24-13-23(37-17-19-5-9-22(35-2)10-6-19)15-29(24)26(32)36-16-18-3-7-21(8-4-18)30(33)34/h3-10,20,23-24H,11-17H2,1-2H3,(H,27,31)/t20-,23-,24-/m0/s1. The Morgan fingerprint density at radius 3 is 2.43 bits per heavy atom. The summed E-state index contributed by atoms with van der Waals surface area (Å²) in [5.74, 6) is 1.40. The van der Waals surface area contributed by atoms with Crippen molar-refractivity contribution in [1.82, 2.24) is 15.1 Å². The van der Waals surface area contributed by atoms with E-state index >= 15 is 0 Å². The van der Waals surface area contributed by atoms with Crippen LogP contribution in [0.2, 0.25) is 0 Å². The fourth-order valence-electron chi connectivity index (χ4n) is 4.60. The Kier molecular flexibility index (Phi) is 8.88. The molecular weight excluding hydrogens is 496 g/mol. The molecule has 0 bridgehead atoms. The topological polar surface area (TPSA) is 114 Å². The highest BCUT2D eigenvalue weighted by Gasteiger charge is 2.41. The zero-order valence-corrected chi connectivity index (χ0v) is 21.8. The van der Waals surface area contributed by atoms with E-state index in [2.05, 4.69) is 10.2 Å². The Bertz CT molecular complexity index is 1100. The van der Waals surface area contributed by atoms with Crippen molar-refractivity contribution in [3.8, 4) is 5.75 Å². The van der Waals surface area contributed by atoms with Gasteiger partial charge in [0.15, 0.2) is 0 Å². The van der Waals surface area contributed by atoms with Crippen LogP contribution >= 0.6 is 11.8 Å². The van der Waals surface area contributed by atoms with Gasteiger partial charge in [-0.15, -0.1) is 0 Å². The average molecular weight is 529 g/mol. The van der Waals surface area contributed by atoms with Crippen molar-refractivity contribution >= 4 is 29.4 Å². The number of likely N-dealkylation sites (tertiary alicyclic amines) is 2. The molecule has 2 aromatic carbocycles. The van der Waals surface area contributed by atoms with Crippen LogP contribution in [0.25, 0.3) is 0 Å². The molecule has 10 nitrogen and oxygen atoms in total. The third-order valence-corrected chi connectivity index (χ3v) is 8.00. The first kappa shape index (κ1) is 26.7. The highest BCUT2D eigenvalue weighted by Crippen LogP contribution is 2.31. The first-order valence-corrected chi connectivity index (χ1v) is 13.3. The van der Waals surface area contributed by atoms with E-state index in [-0.39, 0.29) is 29.5 Å². The Balaban J connectivity index is 1.38. The van der Waals surface area contributed by atoms with Crippen LogP contribution < -0.4 is 10.1 Å². The van der Waals surface area contributed by atoms with Gasteiger partial charge in [-0.2, -0.15) is 11.8 Å². The number of nitro benzene ring substituents is 1. The van der Waals surface area contributed by atoms with Gasteiger partial charge < -0.3 is 19.7 Å². The summed E-state index contributed by atoms with van der Waals surface area (Å²) in [7, 11) is 3.65. The fourth-order valence-corrected chi connectivity index (χ4v) is 5.80. The molecule has 2 amide bonds. The van der Waals surface area contributed by atoms with Crippen LogP contribution in [0.5, 0.6) is 5.75 Å². The third kappa shape index (κ3) is 7.14. The number of nitro groups is 1. The Labute approximate surface area is 220 Å².